The van der Waals surface area contributed by atoms with Crippen molar-refractivity contribution in [2.24, 2.45) is 4.99 Å². The number of carbonyl (C=O) groups excluding carboxylic acids is 1. The van der Waals surface area contributed by atoms with Crippen molar-refractivity contribution < 1.29 is 9.53 Å². The summed E-state index contributed by atoms with van der Waals surface area (Å²) < 4.78 is 5.25. The number of anilines is 1. The van der Waals surface area contributed by atoms with Gasteiger partial charge in [0.2, 0.25) is 5.91 Å². The molecule has 2 aliphatic heterocycles. The molecule has 1 aromatic rings. The predicted octanol–water partition coefficient (Wildman–Crippen LogP) is 3.19. The van der Waals surface area contributed by atoms with Crippen molar-refractivity contribution in [2.75, 3.05) is 57.8 Å². The van der Waals surface area contributed by atoms with Gasteiger partial charge < -0.3 is 24.8 Å². The minimum absolute atomic E-state index is 0. The molecule has 2 saturated heterocycles. The minimum Gasteiger partial charge on any atom is -0.497 e. The number of guanidine groups is 1. The van der Waals surface area contributed by atoms with E-state index < -0.39 is 0 Å². The Balaban J connectivity index is 0.00000341. The van der Waals surface area contributed by atoms with E-state index in [9.17, 15) is 4.79 Å². The van der Waals surface area contributed by atoms with Crippen LogP contribution in [0.25, 0.3) is 0 Å². The third kappa shape index (κ3) is 7.15. The van der Waals surface area contributed by atoms with Crippen LogP contribution in [-0.4, -0.2) is 80.6 Å². The molecule has 1 atom stereocenters. The van der Waals surface area contributed by atoms with Gasteiger partial charge in [0.15, 0.2) is 5.96 Å². The third-order valence-electron chi connectivity index (χ3n) is 6.06. The Hall–Kier alpha value is -1.71. The van der Waals surface area contributed by atoms with Crippen LogP contribution in [-0.2, 0) is 4.79 Å². The summed E-state index contributed by atoms with van der Waals surface area (Å²) in [6.07, 6.45) is 3.97. The SMILES string of the molecule is CCNC(=NCCC(=O)N1CCCCC1C)N1CCN(c2ccc(OC)cc2)CC1.I. The van der Waals surface area contributed by atoms with Gasteiger partial charge in [0.1, 0.15) is 5.75 Å². The van der Waals surface area contributed by atoms with Crippen LogP contribution in [0.5, 0.6) is 5.75 Å². The van der Waals surface area contributed by atoms with Crippen molar-refractivity contribution in [2.45, 2.75) is 45.6 Å². The highest BCUT2D eigenvalue weighted by molar-refractivity contribution is 14.0. The Morgan fingerprint density at radius 1 is 1.13 bits per heavy atom. The van der Waals surface area contributed by atoms with Crippen molar-refractivity contribution in [3.05, 3.63) is 24.3 Å². The van der Waals surface area contributed by atoms with Crippen molar-refractivity contribution in [3.8, 4) is 5.75 Å². The maximum absolute atomic E-state index is 12.6. The Morgan fingerprint density at radius 2 is 1.84 bits per heavy atom. The van der Waals surface area contributed by atoms with E-state index >= 15 is 0 Å². The second-order valence-corrected chi connectivity index (χ2v) is 8.09. The summed E-state index contributed by atoms with van der Waals surface area (Å²) in [5.74, 6) is 2.05. The number of amides is 1. The molecule has 7 nitrogen and oxygen atoms in total. The highest BCUT2D eigenvalue weighted by atomic mass is 127. The molecule has 0 radical (unpaired) electrons. The second-order valence-electron chi connectivity index (χ2n) is 8.09. The van der Waals surface area contributed by atoms with E-state index in [1.165, 1.54) is 12.1 Å². The summed E-state index contributed by atoms with van der Waals surface area (Å²) in [5.41, 5.74) is 1.22. The number of nitrogens with zero attached hydrogens (tertiary/aromatic N) is 4. The summed E-state index contributed by atoms with van der Waals surface area (Å²) in [7, 11) is 1.69. The molecule has 0 bridgehead atoms. The van der Waals surface area contributed by atoms with Crippen LogP contribution in [0.3, 0.4) is 0 Å². The van der Waals surface area contributed by atoms with Gasteiger partial charge in [0.25, 0.3) is 0 Å². The first-order valence-corrected chi connectivity index (χ1v) is 11.3. The van der Waals surface area contributed by atoms with Gasteiger partial charge in [-0.2, -0.15) is 0 Å². The quantitative estimate of drug-likeness (QED) is 0.340. The summed E-state index contributed by atoms with van der Waals surface area (Å²) in [6, 6.07) is 8.61. The van der Waals surface area contributed by atoms with Gasteiger partial charge >= 0.3 is 0 Å². The van der Waals surface area contributed by atoms with Gasteiger partial charge in [-0.05, 0) is 57.4 Å². The van der Waals surface area contributed by atoms with Crippen LogP contribution >= 0.6 is 24.0 Å². The molecule has 2 heterocycles. The van der Waals surface area contributed by atoms with Crippen molar-refractivity contribution in [3.63, 3.8) is 0 Å². The van der Waals surface area contributed by atoms with Crippen LogP contribution in [0.2, 0.25) is 0 Å². The van der Waals surface area contributed by atoms with Gasteiger partial charge in [-0.3, -0.25) is 9.79 Å². The van der Waals surface area contributed by atoms with Gasteiger partial charge in [0.05, 0.1) is 13.7 Å². The molecule has 174 valence electrons. The van der Waals surface area contributed by atoms with Crippen molar-refractivity contribution >= 4 is 41.5 Å². The van der Waals surface area contributed by atoms with Gasteiger partial charge in [0, 0.05) is 57.4 Å². The molecular weight excluding hydrogens is 505 g/mol. The van der Waals surface area contributed by atoms with E-state index in [2.05, 4.69) is 41.1 Å². The molecule has 1 unspecified atom stereocenters. The molecule has 2 fully saturated rings. The number of halogens is 1. The number of carbonyl (C=O) groups is 1. The zero-order valence-corrected chi connectivity index (χ0v) is 21.5. The van der Waals surface area contributed by atoms with Crippen LogP contribution in [0.15, 0.2) is 29.3 Å². The zero-order valence-electron chi connectivity index (χ0n) is 19.2. The number of nitrogens with one attached hydrogen (secondary N) is 1. The first-order valence-electron chi connectivity index (χ1n) is 11.3. The van der Waals surface area contributed by atoms with Gasteiger partial charge in [-0.15, -0.1) is 24.0 Å². The first kappa shape index (κ1) is 25.5. The molecule has 0 aromatic heterocycles. The lowest BCUT2D eigenvalue weighted by atomic mass is 10.0. The Bertz CT molecular complexity index is 704. The Labute approximate surface area is 204 Å². The first-order chi connectivity index (χ1) is 14.6. The third-order valence-corrected chi connectivity index (χ3v) is 6.06. The fraction of sp³-hybridized carbons (Fsp3) is 0.652. The number of ether oxygens (including phenoxy) is 1. The maximum atomic E-state index is 12.6. The topological polar surface area (TPSA) is 60.4 Å². The lowest BCUT2D eigenvalue weighted by Gasteiger charge is -2.37. The molecule has 0 aliphatic carbocycles. The van der Waals surface area contributed by atoms with Crippen molar-refractivity contribution in [1.82, 2.24) is 15.1 Å². The summed E-state index contributed by atoms with van der Waals surface area (Å²) >= 11 is 0. The van der Waals surface area contributed by atoms with E-state index in [1.807, 2.05) is 17.0 Å². The van der Waals surface area contributed by atoms with E-state index in [-0.39, 0.29) is 29.9 Å². The number of hydrogen-bond acceptors (Lipinski definition) is 4. The van der Waals surface area contributed by atoms with E-state index in [0.717, 1.165) is 63.8 Å². The number of aliphatic imine (C=N–C) groups is 1. The van der Waals surface area contributed by atoms with Crippen LogP contribution in [0.1, 0.15) is 39.5 Å². The molecule has 2 aliphatic rings. The lowest BCUT2D eigenvalue weighted by molar-refractivity contribution is -0.134. The number of rotatable bonds is 6. The van der Waals surface area contributed by atoms with E-state index in [0.29, 0.717) is 19.0 Å². The maximum Gasteiger partial charge on any atom is 0.224 e. The Morgan fingerprint density at radius 3 is 2.45 bits per heavy atom. The number of piperidine rings is 1. The molecule has 1 amide bonds. The Kier molecular flexibility index (Phi) is 10.7. The highest BCUT2D eigenvalue weighted by Crippen LogP contribution is 2.21. The summed E-state index contributed by atoms with van der Waals surface area (Å²) in [6.45, 7) is 10.2. The van der Waals surface area contributed by atoms with Crippen LogP contribution < -0.4 is 15.0 Å². The van der Waals surface area contributed by atoms with Gasteiger partial charge in [-0.25, -0.2) is 0 Å². The number of methoxy groups -OCH3 is 1. The molecule has 1 aromatic carbocycles. The largest absolute Gasteiger partial charge is 0.497 e. The molecular formula is C23H38IN5O2. The standard InChI is InChI=1S/C23H37N5O2.HI/c1-4-24-23(25-13-12-22(29)28-14-6-5-7-19(28)2)27-17-15-26(16-18-27)20-8-10-21(30-3)11-9-20;/h8-11,19H,4-7,12-18H2,1-3H3,(H,24,25);1H. The molecule has 3 rings (SSSR count). The molecule has 0 spiro atoms. The fourth-order valence-electron chi connectivity index (χ4n) is 4.26. The lowest BCUT2D eigenvalue weighted by Crippen LogP contribution is -2.52. The normalized spacial score (nSPS) is 19.6. The molecule has 0 saturated carbocycles. The number of likely N-dealkylation sites (tertiary alicyclic amines) is 1. The number of benzene rings is 1. The van der Waals surface area contributed by atoms with E-state index in [1.54, 1.807) is 7.11 Å². The van der Waals surface area contributed by atoms with Crippen LogP contribution in [0.4, 0.5) is 5.69 Å². The van der Waals surface area contributed by atoms with E-state index in [4.69, 9.17) is 9.73 Å². The summed E-state index contributed by atoms with van der Waals surface area (Å²) in [5, 5.41) is 3.40. The van der Waals surface area contributed by atoms with Crippen LogP contribution in [0, 0.1) is 0 Å². The molecule has 1 N–H and O–H groups in total. The summed E-state index contributed by atoms with van der Waals surface area (Å²) in [4.78, 5) is 24.1. The average molecular weight is 543 g/mol. The zero-order chi connectivity index (χ0) is 21.3. The predicted molar refractivity (Wildman–Crippen MR) is 138 cm³/mol. The molecule has 31 heavy (non-hydrogen) atoms. The number of hydrogen-bond donors (Lipinski definition) is 1. The number of piperazine rings is 1. The minimum atomic E-state index is 0. The smallest absolute Gasteiger partial charge is 0.224 e. The average Bonchev–Trinajstić information content (AvgIpc) is 2.79. The highest BCUT2D eigenvalue weighted by Gasteiger charge is 2.23. The second kappa shape index (κ2) is 13.0. The molecule has 8 heteroatoms. The monoisotopic (exact) mass is 543 g/mol. The fourth-order valence-corrected chi connectivity index (χ4v) is 4.26. The van der Waals surface area contributed by atoms with Crippen molar-refractivity contribution in [1.29, 1.82) is 0 Å². The van der Waals surface area contributed by atoms with Gasteiger partial charge in [-0.1, -0.05) is 0 Å².